The summed E-state index contributed by atoms with van der Waals surface area (Å²) in [4.78, 5) is 20.2. The van der Waals surface area contributed by atoms with E-state index >= 15 is 0 Å². The Morgan fingerprint density at radius 3 is 1.58 bits per heavy atom. The topological polar surface area (TPSA) is 83.8 Å². The Morgan fingerprint density at radius 2 is 1.32 bits per heavy atom. The van der Waals surface area contributed by atoms with Crippen LogP contribution in [0, 0.1) is 0 Å². The number of carbonyl (C=O) groups excluding carboxylic acids is 1. The number of ether oxygens (including phenoxy) is 1. The molecule has 0 radical (unpaired) electrons. The molecule has 5 nitrogen and oxygen atoms in total. The summed E-state index contributed by atoms with van der Waals surface area (Å²) in [5, 5.41) is 16.8. The van der Waals surface area contributed by atoms with E-state index in [1.807, 2.05) is 0 Å². The molecule has 1 unspecified atom stereocenters. The number of hydrogen-bond donors (Lipinski definition) is 2. The van der Waals surface area contributed by atoms with Crippen LogP contribution in [0.1, 0.15) is 13.3 Å². The molecule has 0 heterocycles. The van der Waals surface area contributed by atoms with Crippen LogP contribution in [0.3, 0.4) is 0 Å². The summed E-state index contributed by atoms with van der Waals surface area (Å²) in [5.41, 5.74) is -7.41. The summed E-state index contributed by atoms with van der Waals surface area (Å²) in [6.07, 6.45) is -20.0. The SMILES string of the molecule is C=C(C)C(=O)O.C=CC(=O)OCC(O)CC(F)(F)C(F)(F)C(F)(C(F)(F)F)C(F)(F)F. The number of carbonyl (C=O) groups is 2. The maximum Gasteiger partial charge on any atom is 0.438 e. The zero-order chi connectivity index (χ0) is 25.6. The van der Waals surface area contributed by atoms with Crippen molar-refractivity contribution in [1.29, 1.82) is 0 Å². The zero-order valence-electron chi connectivity index (χ0n) is 15.3. The summed E-state index contributed by atoms with van der Waals surface area (Å²) in [6, 6.07) is 0. The van der Waals surface area contributed by atoms with Crippen LogP contribution < -0.4 is 0 Å². The number of esters is 1. The van der Waals surface area contributed by atoms with Gasteiger partial charge in [-0.1, -0.05) is 13.2 Å². The molecule has 31 heavy (non-hydrogen) atoms. The van der Waals surface area contributed by atoms with Gasteiger partial charge in [0.1, 0.15) is 6.61 Å². The molecule has 2 N–H and O–H groups in total. The molecule has 0 aliphatic heterocycles. The number of halogens is 11. The minimum absolute atomic E-state index is 0.176. The van der Waals surface area contributed by atoms with Crippen molar-refractivity contribution in [1.82, 2.24) is 0 Å². The van der Waals surface area contributed by atoms with Gasteiger partial charge in [-0.15, -0.1) is 0 Å². The van der Waals surface area contributed by atoms with Crippen molar-refractivity contribution in [3.8, 4) is 0 Å². The average Bonchev–Trinajstić information content (AvgIpc) is 2.56. The fourth-order valence-corrected chi connectivity index (χ4v) is 1.49. The van der Waals surface area contributed by atoms with Gasteiger partial charge in [0, 0.05) is 18.1 Å². The smallest absolute Gasteiger partial charge is 0.438 e. The lowest BCUT2D eigenvalue weighted by Crippen LogP contribution is -2.70. The van der Waals surface area contributed by atoms with Crippen molar-refractivity contribution in [3.05, 3.63) is 24.8 Å². The molecule has 0 spiro atoms. The number of hydrogen-bond acceptors (Lipinski definition) is 4. The quantitative estimate of drug-likeness (QED) is 0.306. The summed E-state index contributed by atoms with van der Waals surface area (Å²) in [5.74, 6) is -15.9. The van der Waals surface area contributed by atoms with Crippen molar-refractivity contribution >= 4 is 11.9 Å². The number of carboxylic acid groups (broad SMARTS) is 1. The number of aliphatic carboxylic acids is 1. The second-order valence-corrected chi connectivity index (χ2v) is 5.71. The van der Waals surface area contributed by atoms with E-state index in [2.05, 4.69) is 17.9 Å². The van der Waals surface area contributed by atoms with Crippen LogP contribution in [-0.2, 0) is 14.3 Å². The van der Waals surface area contributed by atoms with Gasteiger partial charge in [-0.25, -0.2) is 14.0 Å². The summed E-state index contributed by atoms with van der Waals surface area (Å²) in [7, 11) is 0. The molecule has 0 rings (SSSR count). The van der Waals surface area contributed by atoms with E-state index in [0.717, 1.165) is 0 Å². The Hall–Kier alpha value is -2.39. The van der Waals surface area contributed by atoms with E-state index in [1.54, 1.807) is 0 Å². The minimum atomic E-state index is -7.59. The summed E-state index contributed by atoms with van der Waals surface area (Å²) in [6.45, 7) is 5.92. The van der Waals surface area contributed by atoms with Crippen LogP contribution in [0.4, 0.5) is 48.3 Å². The first-order chi connectivity index (χ1) is 13.5. The molecule has 0 saturated carbocycles. The van der Waals surface area contributed by atoms with Crippen molar-refractivity contribution in [2.75, 3.05) is 6.61 Å². The van der Waals surface area contributed by atoms with E-state index in [4.69, 9.17) is 10.2 Å². The van der Waals surface area contributed by atoms with E-state index in [1.165, 1.54) is 6.92 Å². The largest absolute Gasteiger partial charge is 0.478 e. The lowest BCUT2D eigenvalue weighted by Gasteiger charge is -2.40. The van der Waals surface area contributed by atoms with Gasteiger partial charge in [-0.3, -0.25) is 0 Å². The molecule has 1 atom stereocenters. The van der Waals surface area contributed by atoms with Crippen LogP contribution in [-0.4, -0.2) is 64.7 Å². The van der Waals surface area contributed by atoms with Gasteiger partial charge in [0.25, 0.3) is 0 Å². The van der Waals surface area contributed by atoms with Gasteiger partial charge in [0.2, 0.25) is 0 Å². The molecule has 0 fully saturated rings. The van der Waals surface area contributed by atoms with Gasteiger partial charge in [-0.2, -0.15) is 43.9 Å². The van der Waals surface area contributed by atoms with Crippen LogP contribution in [0.25, 0.3) is 0 Å². The molecule has 0 aliphatic rings. The van der Waals surface area contributed by atoms with Gasteiger partial charge in [0.15, 0.2) is 0 Å². The van der Waals surface area contributed by atoms with E-state index < -0.39 is 60.9 Å². The molecule has 0 bridgehead atoms. The lowest BCUT2D eigenvalue weighted by molar-refractivity contribution is -0.428. The normalized spacial score (nSPS) is 14.1. The Bertz CT molecular complexity index is 641. The first-order valence-corrected chi connectivity index (χ1v) is 7.43. The van der Waals surface area contributed by atoms with E-state index in [0.29, 0.717) is 6.08 Å². The number of carboxylic acids is 1. The highest BCUT2D eigenvalue weighted by Crippen LogP contribution is 2.59. The van der Waals surface area contributed by atoms with E-state index in [-0.39, 0.29) is 5.57 Å². The molecule has 0 aromatic rings. The third-order valence-electron chi connectivity index (χ3n) is 3.11. The second kappa shape index (κ2) is 10.3. The highest BCUT2D eigenvalue weighted by Gasteiger charge is 2.89. The molecule has 0 amide bonds. The first kappa shape index (κ1) is 30.8. The fraction of sp³-hybridized carbons (Fsp3) is 0.600. The van der Waals surface area contributed by atoms with Gasteiger partial charge < -0.3 is 14.9 Å². The monoisotopic (exact) mass is 484 g/mol. The van der Waals surface area contributed by atoms with Crippen molar-refractivity contribution in [2.45, 2.75) is 49.3 Å². The molecular weight excluding hydrogens is 469 g/mol. The predicted molar refractivity (Wildman–Crippen MR) is 80.1 cm³/mol. The van der Waals surface area contributed by atoms with Crippen LogP contribution >= 0.6 is 0 Å². The molecule has 16 heteroatoms. The standard InChI is InChI=1S/C11H9F11O3.C4H6O2/c1-2-6(24)25-4-5(23)3-7(12,13)9(15,16)8(14,10(17,18)19)11(20,21)22;1-3(2)4(5)6/h2,5,23H,1,3-4H2;1H2,2H3,(H,5,6). The van der Waals surface area contributed by atoms with Gasteiger partial charge in [0.05, 0.1) is 6.10 Å². The van der Waals surface area contributed by atoms with Gasteiger partial charge in [-0.05, 0) is 6.92 Å². The second-order valence-electron chi connectivity index (χ2n) is 5.71. The van der Waals surface area contributed by atoms with Crippen molar-refractivity contribution in [2.24, 2.45) is 0 Å². The maximum absolute atomic E-state index is 13.3. The third kappa shape index (κ3) is 7.36. The van der Waals surface area contributed by atoms with Crippen LogP contribution in [0.5, 0.6) is 0 Å². The van der Waals surface area contributed by atoms with Gasteiger partial charge >= 0.3 is 41.8 Å². The molecule has 182 valence electrons. The average molecular weight is 484 g/mol. The summed E-state index contributed by atoms with van der Waals surface area (Å²) >= 11 is 0. The van der Waals surface area contributed by atoms with Crippen LogP contribution in [0.15, 0.2) is 24.8 Å². The number of aliphatic hydroxyl groups excluding tert-OH is 1. The first-order valence-electron chi connectivity index (χ1n) is 7.43. The Balaban J connectivity index is 0. The number of rotatable bonds is 8. The van der Waals surface area contributed by atoms with Crippen LogP contribution in [0.2, 0.25) is 0 Å². The maximum atomic E-state index is 13.3. The predicted octanol–water partition coefficient (Wildman–Crippen LogP) is 4.22. The zero-order valence-corrected chi connectivity index (χ0v) is 15.3. The fourth-order valence-electron chi connectivity index (χ4n) is 1.49. The molecule has 0 aromatic carbocycles. The Morgan fingerprint density at radius 1 is 0.968 bits per heavy atom. The van der Waals surface area contributed by atoms with Crippen molar-refractivity contribution < 1.29 is 72.8 Å². The number of alkyl halides is 11. The minimum Gasteiger partial charge on any atom is -0.478 e. The third-order valence-corrected chi connectivity index (χ3v) is 3.11. The highest BCUT2D eigenvalue weighted by atomic mass is 19.4. The highest BCUT2D eigenvalue weighted by molar-refractivity contribution is 5.84. The lowest BCUT2D eigenvalue weighted by atomic mass is 9.88. The molecule has 0 aliphatic carbocycles. The Kier molecular flexibility index (Phi) is 10.2. The molecular formula is C15H15F11O5. The van der Waals surface area contributed by atoms with E-state index in [9.17, 15) is 57.9 Å². The summed E-state index contributed by atoms with van der Waals surface area (Å²) < 4.78 is 144. The Labute approximate surface area is 166 Å². The van der Waals surface area contributed by atoms with Crippen molar-refractivity contribution in [3.63, 3.8) is 0 Å². The molecule has 0 saturated heterocycles. The molecule has 0 aromatic heterocycles. The number of aliphatic hydroxyl groups is 1.